The van der Waals surface area contributed by atoms with Gasteiger partial charge in [0.05, 0.1) is 6.42 Å². The van der Waals surface area contributed by atoms with E-state index >= 15 is 0 Å². The summed E-state index contributed by atoms with van der Waals surface area (Å²) >= 11 is 1.51. The third-order valence-corrected chi connectivity index (χ3v) is 5.21. The number of aromatic nitrogens is 3. The number of hydrogen-bond donors (Lipinski definition) is 2. The minimum Gasteiger partial charge on any atom is -0.361 e. The molecule has 4 rings (SSSR count). The molecule has 28 heavy (non-hydrogen) atoms. The van der Waals surface area contributed by atoms with Crippen molar-refractivity contribution in [3.05, 3.63) is 77.7 Å². The first-order valence-electron chi connectivity index (χ1n) is 9.02. The second kappa shape index (κ2) is 7.86. The lowest BCUT2D eigenvalue weighted by atomic mass is 10.1. The van der Waals surface area contributed by atoms with Crippen LogP contribution in [0.1, 0.15) is 17.0 Å². The molecule has 2 heterocycles. The summed E-state index contributed by atoms with van der Waals surface area (Å²) in [6.07, 6.45) is 2.23. The van der Waals surface area contributed by atoms with Gasteiger partial charge >= 0.3 is 0 Å². The van der Waals surface area contributed by atoms with Gasteiger partial charge < -0.3 is 10.3 Å². The summed E-state index contributed by atoms with van der Waals surface area (Å²) in [7, 11) is 0. The van der Waals surface area contributed by atoms with Crippen LogP contribution in [0.2, 0.25) is 0 Å². The Balaban J connectivity index is 1.40. The van der Waals surface area contributed by atoms with Crippen LogP contribution in [-0.4, -0.2) is 20.9 Å². The Bertz CT molecular complexity index is 1110. The highest BCUT2D eigenvalue weighted by Gasteiger charge is 2.09. The Labute approximate surface area is 167 Å². The molecular weight excluding hydrogens is 368 g/mol. The van der Waals surface area contributed by atoms with Crippen molar-refractivity contribution in [2.45, 2.75) is 30.3 Å². The lowest BCUT2D eigenvalue weighted by Gasteiger charge is -2.07. The van der Waals surface area contributed by atoms with E-state index in [9.17, 15) is 4.79 Å². The van der Waals surface area contributed by atoms with Crippen LogP contribution in [0.4, 0.5) is 5.69 Å². The number of hydrogen-bond acceptors (Lipinski definition) is 4. The quantitative estimate of drug-likeness (QED) is 0.477. The summed E-state index contributed by atoms with van der Waals surface area (Å²) in [6, 6.07) is 17.7. The number of fused-ring (bicyclic) bond motifs is 1. The lowest BCUT2D eigenvalue weighted by Crippen LogP contribution is -2.14. The van der Waals surface area contributed by atoms with Gasteiger partial charge in [-0.05, 0) is 67.6 Å². The summed E-state index contributed by atoms with van der Waals surface area (Å²) in [5.41, 5.74) is 4.72. The Morgan fingerprint density at radius 1 is 1.04 bits per heavy atom. The van der Waals surface area contributed by atoms with E-state index in [-0.39, 0.29) is 5.91 Å². The fraction of sp³-hybridized carbons (Fsp3) is 0.136. The maximum absolute atomic E-state index is 12.4. The largest absolute Gasteiger partial charge is 0.361 e. The van der Waals surface area contributed by atoms with Crippen molar-refractivity contribution in [3.63, 3.8) is 0 Å². The number of anilines is 1. The Hall–Kier alpha value is -3.12. The van der Waals surface area contributed by atoms with Crippen LogP contribution in [0.5, 0.6) is 0 Å². The van der Waals surface area contributed by atoms with E-state index < -0.39 is 0 Å². The Kier molecular flexibility index (Phi) is 5.12. The number of rotatable bonds is 5. The Morgan fingerprint density at radius 2 is 1.75 bits per heavy atom. The molecule has 5 nitrogen and oxygen atoms in total. The topological polar surface area (TPSA) is 70.7 Å². The van der Waals surface area contributed by atoms with Crippen LogP contribution in [0.15, 0.2) is 70.8 Å². The molecule has 0 saturated heterocycles. The fourth-order valence-corrected chi connectivity index (χ4v) is 3.97. The summed E-state index contributed by atoms with van der Waals surface area (Å²) in [5, 5.41) is 4.77. The first-order chi connectivity index (χ1) is 13.6. The maximum atomic E-state index is 12.4. The highest BCUT2D eigenvalue weighted by Crippen LogP contribution is 2.26. The first-order valence-corrected chi connectivity index (χ1v) is 9.83. The zero-order valence-electron chi connectivity index (χ0n) is 15.7. The Morgan fingerprint density at radius 3 is 2.50 bits per heavy atom. The molecule has 2 aromatic heterocycles. The summed E-state index contributed by atoms with van der Waals surface area (Å²) in [5.74, 6) is -0.0391. The highest BCUT2D eigenvalue weighted by atomic mass is 32.2. The van der Waals surface area contributed by atoms with E-state index in [1.165, 1.54) is 11.8 Å². The smallest absolute Gasteiger partial charge is 0.228 e. The van der Waals surface area contributed by atoms with Gasteiger partial charge in [-0.2, -0.15) is 0 Å². The summed E-state index contributed by atoms with van der Waals surface area (Å²) in [6.45, 7) is 3.93. The number of aromatic amines is 1. The van der Waals surface area contributed by atoms with Crippen LogP contribution < -0.4 is 5.32 Å². The second-order valence-corrected chi connectivity index (χ2v) is 7.68. The van der Waals surface area contributed by atoms with Crippen LogP contribution in [-0.2, 0) is 11.2 Å². The monoisotopic (exact) mass is 388 g/mol. The molecule has 0 bridgehead atoms. The van der Waals surface area contributed by atoms with Crippen molar-refractivity contribution in [1.29, 1.82) is 0 Å². The number of H-pyrrole nitrogens is 1. The molecule has 0 radical (unpaired) electrons. The number of para-hydroxylation sites is 1. The van der Waals surface area contributed by atoms with E-state index in [1.54, 1.807) is 0 Å². The normalized spacial score (nSPS) is 10.9. The molecule has 140 valence electrons. The maximum Gasteiger partial charge on any atom is 0.228 e. The van der Waals surface area contributed by atoms with Crippen LogP contribution in [0.25, 0.3) is 10.9 Å². The van der Waals surface area contributed by atoms with Crippen molar-refractivity contribution >= 4 is 34.3 Å². The number of carbonyl (C=O) groups is 1. The number of nitrogens with one attached hydrogen (secondary N) is 2. The minimum atomic E-state index is -0.0391. The molecule has 6 heteroatoms. The van der Waals surface area contributed by atoms with E-state index in [4.69, 9.17) is 0 Å². The molecule has 1 amide bonds. The predicted octanol–water partition coefficient (Wildman–Crippen LogP) is 4.91. The summed E-state index contributed by atoms with van der Waals surface area (Å²) in [4.78, 5) is 25.5. The van der Waals surface area contributed by atoms with Crippen molar-refractivity contribution in [1.82, 2.24) is 15.0 Å². The molecule has 2 aromatic carbocycles. The molecule has 0 atom stereocenters. The average Bonchev–Trinajstić information content (AvgIpc) is 3.05. The summed E-state index contributed by atoms with van der Waals surface area (Å²) < 4.78 is 0. The lowest BCUT2D eigenvalue weighted by molar-refractivity contribution is -0.115. The SMILES string of the molecule is Cc1cc(C)nc(Sc2ccc(NC(=O)Cc3c[nH]c4ccccc34)cc2)n1. The van der Waals surface area contributed by atoms with E-state index in [2.05, 4.69) is 20.3 Å². The molecule has 2 N–H and O–H groups in total. The van der Waals surface area contributed by atoms with Gasteiger partial charge in [0.25, 0.3) is 0 Å². The van der Waals surface area contributed by atoms with Crippen LogP contribution in [0, 0.1) is 13.8 Å². The molecule has 0 aliphatic heterocycles. The second-order valence-electron chi connectivity index (χ2n) is 6.64. The van der Waals surface area contributed by atoms with E-state index in [0.29, 0.717) is 6.42 Å². The number of benzene rings is 2. The van der Waals surface area contributed by atoms with Crippen molar-refractivity contribution < 1.29 is 4.79 Å². The van der Waals surface area contributed by atoms with Gasteiger partial charge in [-0.1, -0.05) is 18.2 Å². The average molecular weight is 388 g/mol. The highest BCUT2D eigenvalue weighted by molar-refractivity contribution is 7.99. The zero-order valence-corrected chi connectivity index (χ0v) is 16.5. The number of aryl methyl sites for hydroxylation is 2. The standard InChI is InChI=1S/C22H20N4OS/c1-14-11-15(2)25-22(24-14)28-18-9-7-17(8-10-18)26-21(27)12-16-13-23-20-6-4-3-5-19(16)20/h3-11,13,23H,12H2,1-2H3,(H,26,27). The van der Waals surface area contributed by atoms with Gasteiger partial charge in [-0.25, -0.2) is 9.97 Å². The molecule has 0 spiro atoms. The molecule has 0 saturated carbocycles. The van der Waals surface area contributed by atoms with Gasteiger partial charge in [0.1, 0.15) is 0 Å². The van der Waals surface area contributed by atoms with Crippen LogP contribution in [0.3, 0.4) is 0 Å². The third kappa shape index (κ3) is 4.23. The zero-order chi connectivity index (χ0) is 19.5. The molecular formula is C22H20N4OS. The van der Waals surface area contributed by atoms with Gasteiger partial charge in [-0.3, -0.25) is 4.79 Å². The van der Waals surface area contributed by atoms with Crippen LogP contribution >= 0.6 is 11.8 Å². The van der Waals surface area contributed by atoms with Gasteiger partial charge in [0.2, 0.25) is 5.91 Å². The number of amides is 1. The van der Waals surface area contributed by atoms with E-state index in [0.717, 1.165) is 43.6 Å². The molecule has 0 aliphatic rings. The molecule has 0 aliphatic carbocycles. The fourth-order valence-electron chi connectivity index (χ4n) is 3.11. The van der Waals surface area contributed by atoms with Crippen molar-refractivity contribution in [2.24, 2.45) is 0 Å². The third-order valence-electron chi connectivity index (χ3n) is 4.33. The first kappa shape index (κ1) is 18.3. The minimum absolute atomic E-state index is 0.0391. The van der Waals surface area contributed by atoms with Gasteiger partial charge in [0, 0.05) is 39.1 Å². The number of nitrogens with zero attached hydrogens (tertiary/aromatic N) is 2. The molecule has 0 fully saturated rings. The van der Waals surface area contributed by atoms with Crippen molar-refractivity contribution in [3.8, 4) is 0 Å². The van der Waals surface area contributed by atoms with E-state index in [1.807, 2.05) is 74.6 Å². The van der Waals surface area contributed by atoms with Gasteiger partial charge in [-0.15, -0.1) is 0 Å². The number of carbonyl (C=O) groups excluding carboxylic acids is 1. The van der Waals surface area contributed by atoms with Gasteiger partial charge in [0.15, 0.2) is 5.16 Å². The molecule has 4 aromatic rings. The molecule has 0 unspecified atom stereocenters. The van der Waals surface area contributed by atoms with Crippen molar-refractivity contribution in [2.75, 3.05) is 5.32 Å². The predicted molar refractivity (Wildman–Crippen MR) is 113 cm³/mol.